The number of ether oxygens (including phenoxy) is 1. The lowest BCUT2D eigenvalue weighted by molar-refractivity contribution is -0.0565. The molecule has 1 aromatic rings. The maximum Gasteiger partial charge on any atom is 0.415 e. The van der Waals surface area contributed by atoms with Crippen molar-refractivity contribution in [1.82, 2.24) is 9.88 Å². The van der Waals surface area contributed by atoms with Crippen molar-refractivity contribution >= 4 is 6.09 Å². The number of carbonyl (C=O) groups is 1. The van der Waals surface area contributed by atoms with Gasteiger partial charge in [-0.05, 0) is 18.6 Å². The van der Waals surface area contributed by atoms with Crippen LogP contribution >= 0.6 is 0 Å². The molecule has 1 fully saturated rings. The predicted molar refractivity (Wildman–Crippen MR) is 61.0 cm³/mol. The lowest BCUT2D eigenvalue weighted by Gasteiger charge is -2.31. The minimum Gasteiger partial charge on any atom is -0.409 e. The molecule has 1 aromatic heterocycles. The number of aromatic nitrogens is 1. The zero-order valence-corrected chi connectivity index (χ0v) is 10.4. The molecule has 1 aliphatic heterocycles. The third-order valence-electron chi connectivity index (χ3n) is 2.84. The highest BCUT2D eigenvalue weighted by Crippen LogP contribution is 2.27. The Morgan fingerprint density at radius 1 is 1.40 bits per heavy atom. The zero-order valence-electron chi connectivity index (χ0n) is 10.4. The number of amides is 1. The van der Waals surface area contributed by atoms with Gasteiger partial charge in [0.2, 0.25) is 0 Å². The number of piperidine rings is 1. The first-order chi connectivity index (χ1) is 9.37. The van der Waals surface area contributed by atoms with E-state index in [0.29, 0.717) is 0 Å². The van der Waals surface area contributed by atoms with Crippen LogP contribution in [0.25, 0.3) is 0 Å². The number of likely N-dealkylation sites (tertiary alicyclic amines) is 1. The molecule has 1 aliphatic rings. The van der Waals surface area contributed by atoms with Crippen molar-refractivity contribution in [1.29, 1.82) is 0 Å². The zero-order chi connectivity index (χ0) is 14.8. The van der Waals surface area contributed by atoms with Crippen LogP contribution in [-0.4, -0.2) is 35.0 Å². The summed E-state index contributed by atoms with van der Waals surface area (Å²) < 4.78 is 55.7. The van der Waals surface area contributed by atoms with Crippen LogP contribution < -0.4 is 4.74 Å². The lowest BCUT2D eigenvalue weighted by Crippen LogP contribution is -2.46. The highest BCUT2D eigenvalue weighted by atomic mass is 19.3. The van der Waals surface area contributed by atoms with Crippen LogP contribution in [-0.2, 0) is 0 Å². The van der Waals surface area contributed by atoms with Crippen LogP contribution in [0.15, 0.2) is 18.3 Å². The van der Waals surface area contributed by atoms with Gasteiger partial charge in [0.1, 0.15) is 5.69 Å². The quantitative estimate of drug-likeness (QED) is 0.786. The Hall–Kier alpha value is -1.86. The fourth-order valence-electron chi connectivity index (χ4n) is 1.87. The second-order valence-electron chi connectivity index (χ2n) is 4.47. The average molecular weight is 292 g/mol. The number of rotatable bonds is 2. The smallest absolute Gasteiger partial charge is 0.409 e. The van der Waals surface area contributed by atoms with Gasteiger partial charge in [-0.15, -0.1) is 0 Å². The average Bonchev–Trinajstić information content (AvgIpc) is 2.38. The summed E-state index contributed by atoms with van der Waals surface area (Å²) >= 11 is 0. The third kappa shape index (κ3) is 3.58. The van der Waals surface area contributed by atoms with E-state index in [-0.39, 0.29) is 25.1 Å². The first-order valence-electron chi connectivity index (χ1n) is 5.96. The predicted octanol–water partition coefficient (Wildman–Crippen LogP) is 3.25. The van der Waals surface area contributed by atoms with E-state index in [1.54, 1.807) is 0 Å². The second-order valence-corrected chi connectivity index (χ2v) is 4.47. The molecule has 0 aliphatic carbocycles. The second kappa shape index (κ2) is 5.64. The van der Waals surface area contributed by atoms with E-state index in [4.69, 9.17) is 4.74 Å². The van der Waals surface area contributed by atoms with E-state index >= 15 is 0 Å². The van der Waals surface area contributed by atoms with E-state index in [9.17, 15) is 22.4 Å². The Bertz CT molecular complexity index is 479. The summed E-state index contributed by atoms with van der Waals surface area (Å²) in [6, 6.07) is 2.16. The number of hydrogen-bond donors (Lipinski definition) is 0. The van der Waals surface area contributed by atoms with Crippen molar-refractivity contribution in [3.05, 3.63) is 24.0 Å². The monoisotopic (exact) mass is 292 g/mol. The van der Waals surface area contributed by atoms with Gasteiger partial charge in [0.05, 0.1) is 12.7 Å². The Balaban J connectivity index is 1.97. The Kier molecular flexibility index (Phi) is 4.10. The van der Waals surface area contributed by atoms with Crippen LogP contribution in [0.2, 0.25) is 0 Å². The van der Waals surface area contributed by atoms with E-state index in [1.807, 2.05) is 0 Å². The summed E-state index contributed by atoms with van der Waals surface area (Å²) in [5.74, 6) is -2.98. The molecule has 1 saturated heterocycles. The minimum absolute atomic E-state index is 0.0618. The van der Waals surface area contributed by atoms with Gasteiger partial charge in [-0.25, -0.2) is 22.4 Å². The Morgan fingerprint density at radius 3 is 2.70 bits per heavy atom. The van der Waals surface area contributed by atoms with Crippen LogP contribution in [0.5, 0.6) is 5.75 Å². The Morgan fingerprint density at radius 2 is 2.15 bits per heavy atom. The van der Waals surface area contributed by atoms with Gasteiger partial charge in [-0.2, -0.15) is 0 Å². The molecule has 110 valence electrons. The SMILES string of the molecule is O=C(Oc1ccc(C(F)F)nc1)N1CCCC(F)(F)C1. The van der Waals surface area contributed by atoms with Crippen molar-refractivity contribution in [2.24, 2.45) is 0 Å². The molecule has 0 unspecified atom stereocenters. The van der Waals surface area contributed by atoms with Gasteiger partial charge < -0.3 is 9.64 Å². The van der Waals surface area contributed by atoms with E-state index in [0.717, 1.165) is 23.2 Å². The summed E-state index contributed by atoms with van der Waals surface area (Å²) in [7, 11) is 0. The number of carbonyl (C=O) groups excluding carboxylic acids is 1. The molecule has 0 N–H and O–H groups in total. The van der Waals surface area contributed by atoms with Crippen molar-refractivity contribution in [2.75, 3.05) is 13.1 Å². The van der Waals surface area contributed by atoms with Crippen molar-refractivity contribution in [3.63, 3.8) is 0 Å². The molecule has 0 aromatic carbocycles. The molecular weight excluding hydrogens is 280 g/mol. The van der Waals surface area contributed by atoms with Crippen LogP contribution in [0, 0.1) is 0 Å². The van der Waals surface area contributed by atoms with E-state index in [2.05, 4.69) is 4.98 Å². The molecule has 20 heavy (non-hydrogen) atoms. The van der Waals surface area contributed by atoms with E-state index in [1.165, 1.54) is 0 Å². The molecular formula is C12H12F4N2O2. The summed E-state index contributed by atoms with van der Waals surface area (Å²) in [5, 5.41) is 0. The normalized spacial score (nSPS) is 18.1. The van der Waals surface area contributed by atoms with Crippen LogP contribution in [0.3, 0.4) is 0 Å². The number of alkyl halides is 4. The largest absolute Gasteiger partial charge is 0.415 e. The number of halogens is 4. The molecule has 0 bridgehead atoms. The first-order valence-corrected chi connectivity index (χ1v) is 5.96. The highest BCUT2D eigenvalue weighted by Gasteiger charge is 2.37. The van der Waals surface area contributed by atoms with E-state index < -0.39 is 30.7 Å². The molecule has 1 amide bonds. The van der Waals surface area contributed by atoms with Gasteiger partial charge in [0.15, 0.2) is 5.75 Å². The molecule has 0 radical (unpaired) electrons. The maximum atomic E-state index is 13.2. The molecule has 0 atom stereocenters. The van der Waals surface area contributed by atoms with Crippen molar-refractivity contribution in [2.45, 2.75) is 25.2 Å². The molecule has 4 nitrogen and oxygen atoms in total. The lowest BCUT2D eigenvalue weighted by atomic mass is 10.1. The molecule has 0 saturated carbocycles. The van der Waals surface area contributed by atoms with Gasteiger partial charge in [0, 0.05) is 13.0 Å². The van der Waals surface area contributed by atoms with Crippen LogP contribution in [0.1, 0.15) is 25.0 Å². The number of pyridine rings is 1. The molecule has 8 heteroatoms. The summed E-state index contributed by atoms with van der Waals surface area (Å²) in [6.45, 7) is -0.522. The molecule has 0 spiro atoms. The molecule has 2 heterocycles. The van der Waals surface area contributed by atoms with Crippen molar-refractivity contribution in [3.8, 4) is 5.75 Å². The molecule has 2 rings (SSSR count). The minimum atomic E-state index is -2.92. The third-order valence-corrected chi connectivity index (χ3v) is 2.84. The maximum absolute atomic E-state index is 13.2. The summed E-state index contributed by atoms with van der Waals surface area (Å²) in [5.41, 5.74) is -0.450. The number of hydrogen-bond acceptors (Lipinski definition) is 3. The standard InChI is InChI=1S/C12H12F4N2O2/c13-10(14)9-3-2-8(6-17-9)20-11(19)18-5-1-4-12(15,16)7-18/h2-3,6,10H,1,4-5,7H2. The fraction of sp³-hybridized carbons (Fsp3) is 0.500. The Labute approximate surface area is 112 Å². The van der Waals surface area contributed by atoms with Crippen molar-refractivity contribution < 1.29 is 27.1 Å². The number of nitrogens with zero attached hydrogens (tertiary/aromatic N) is 2. The highest BCUT2D eigenvalue weighted by molar-refractivity contribution is 5.70. The summed E-state index contributed by atoms with van der Waals surface area (Å²) in [4.78, 5) is 16.0. The van der Waals surface area contributed by atoms with Crippen LogP contribution in [0.4, 0.5) is 22.4 Å². The first kappa shape index (κ1) is 14.5. The van der Waals surface area contributed by atoms with Gasteiger partial charge >= 0.3 is 6.09 Å². The fourth-order valence-corrected chi connectivity index (χ4v) is 1.87. The topological polar surface area (TPSA) is 42.4 Å². The van der Waals surface area contributed by atoms with Gasteiger partial charge in [-0.3, -0.25) is 4.98 Å². The van der Waals surface area contributed by atoms with Gasteiger partial charge in [0.25, 0.3) is 12.3 Å². The summed E-state index contributed by atoms with van der Waals surface area (Å²) in [6.07, 6.45) is -2.77. The van der Waals surface area contributed by atoms with Gasteiger partial charge in [-0.1, -0.05) is 0 Å².